The number of nitrogens with zero attached hydrogens (tertiary/aromatic N) is 1. The molecular formula is C12H17NO2. The molecule has 1 fully saturated rings. The van der Waals surface area contributed by atoms with Crippen LogP contribution in [0.15, 0.2) is 18.2 Å². The maximum Gasteiger partial charge on any atom is 0.142 e. The topological polar surface area (TPSA) is 32.7 Å². The van der Waals surface area contributed by atoms with Crippen LogP contribution in [0.5, 0.6) is 5.75 Å². The average Bonchev–Trinajstić information content (AvgIpc) is 2.64. The zero-order valence-electron chi connectivity index (χ0n) is 9.23. The summed E-state index contributed by atoms with van der Waals surface area (Å²) in [5.74, 6) is 0.893. The zero-order valence-corrected chi connectivity index (χ0v) is 9.23. The van der Waals surface area contributed by atoms with Crippen molar-refractivity contribution in [2.45, 2.75) is 19.4 Å². The number of β-amino-alcohol motifs (C(OH)–C–C–N with tert-alkyl or cyclic N) is 1. The van der Waals surface area contributed by atoms with Crippen molar-refractivity contribution in [3.8, 4) is 5.75 Å². The van der Waals surface area contributed by atoms with Crippen molar-refractivity contribution >= 4 is 5.69 Å². The van der Waals surface area contributed by atoms with E-state index in [2.05, 4.69) is 17.0 Å². The minimum Gasteiger partial charge on any atom is -0.495 e. The number of aliphatic hydroxyl groups excluding tert-OH is 1. The predicted molar refractivity (Wildman–Crippen MR) is 60.6 cm³/mol. The zero-order chi connectivity index (χ0) is 10.8. The quantitative estimate of drug-likeness (QED) is 0.799. The number of ether oxygens (including phenoxy) is 1. The second-order valence-corrected chi connectivity index (χ2v) is 4.06. The van der Waals surface area contributed by atoms with Gasteiger partial charge in [0.2, 0.25) is 0 Å². The monoisotopic (exact) mass is 207 g/mol. The van der Waals surface area contributed by atoms with Crippen LogP contribution >= 0.6 is 0 Å². The third-order valence-corrected chi connectivity index (χ3v) is 2.84. The Morgan fingerprint density at radius 3 is 2.87 bits per heavy atom. The van der Waals surface area contributed by atoms with Gasteiger partial charge < -0.3 is 14.7 Å². The highest BCUT2D eigenvalue weighted by molar-refractivity contribution is 5.60. The molecule has 82 valence electrons. The second-order valence-electron chi connectivity index (χ2n) is 4.06. The molecule has 1 aliphatic heterocycles. The maximum atomic E-state index is 9.50. The first-order chi connectivity index (χ1) is 7.20. The lowest BCUT2D eigenvalue weighted by molar-refractivity contribution is 0.198. The van der Waals surface area contributed by atoms with Gasteiger partial charge in [0.15, 0.2) is 0 Å². The Morgan fingerprint density at radius 2 is 2.27 bits per heavy atom. The SMILES string of the molecule is COc1cc(C)ccc1N1CC[C@@H](O)C1. The molecule has 1 heterocycles. The minimum atomic E-state index is -0.198. The molecule has 0 saturated carbocycles. The number of methoxy groups -OCH3 is 1. The van der Waals surface area contributed by atoms with Crippen LogP contribution in [0.3, 0.4) is 0 Å². The smallest absolute Gasteiger partial charge is 0.142 e. The summed E-state index contributed by atoms with van der Waals surface area (Å²) in [6.07, 6.45) is 0.646. The molecule has 3 nitrogen and oxygen atoms in total. The summed E-state index contributed by atoms with van der Waals surface area (Å²) >= 11 is 0. The molecule has 1 aliphatic rings. The van der Waals surface area contributed by atoms with Gasteiger partial charge in [-0.25, -0.2) is 0 Å². The Labute approximate surface area is 90.3 Å². The summed E-state index contributed by atoms with van der Waals surface area (Å²) in [7, 11) is 1.69. The molecule has 1 aromatic rings. The number of aryl methyl sites for hydroxylation is 1. The van der Waals surface area contributed by atoms with Crippen molar-refractivity contribution in [2.24, 2.45) is 0 Å². The van der Waals surface area contributed by atoms with Crippen molar-refractivity contribution < 1.29 is 9.84 Å². The summed E-state index contributed by atoms with van der Waals surface area (Å²) in [6, 6.07) is 6.16. The highest BCUT2D eigenvalue weighted by Gasteiger charge is 2.22. The number of anilines is 1. The van der Waals surface area contributed by atoms with E-state index in [0.717, 1.165) is 24.4 Å². The summed E-state index contributed by atoms with van der Waals surface area (Å²) < 4.78 is 5.35. The molecule has 0 aromatic heterocycles. The fraction of sp³-hybridized carbons (Fsp3) is 0.500. The molecular weight excluding hydrogens is 190 g/mol. The van der Waals surface area contributed by atoms with Crippen LogP contribution in [0, 0.1) is 6.92 Å². The summed E-state index contributed by atoms with van der Waals surface area (Å²) in [4.78, 5) is 2.17. The van der Waals surface area contributed by atoms with Gasteiger partial charge in [0.05, 0.1) is 18.9 Å². The third-order valence-electron chi connectivity index (χ3n) is 2.84. The molecule has 1 atom stereocenters. The fourth-order valence-corrected chi connectivity index (χ4v) is 2.01. The number of rotatable bonds is 2. The van der Waals surface area contributed by atoms with Gasteiger partial charge in [-0.3, -0.25) is 0 Å². The van der Waals surface area contributed by atoms with Gasteiger partial charge >= 0.3 is 0 Å². The van der Waals surface area contributed by atoms with Gasteiger partial charge in [-0.2, -0.15) is 0 Å². The van der Waals surface area contributed by atoms with Crippen LogP contribution in [-0.4, -0.2) is 31.4 Å². The summed E-state index contributed by atoms with van der Waals surface area (Å²) in [6.45, 7) is 3.66. The first-order valence-corrected chi connectivity index (χ1v) is 5.28. The number of hydrogen-bond donors (Lipinski definition) is 1. The minimum absolute atomic E-state index is 0.198. The van der Waals surface area contributed by atoms with Crippen molar-refractivity contribution in [2.75, 3.05) is 25.1 Å². The highest BCUT2D eigenvalue weighted by Crippen LogP contribution is 2.31. The van der Waals surface area contributed by atoms with Crippen LogP contribution in [0.1, 0.15) is 12.0 Å². The van der Waals surface area contributed by atoms with E-state index in [9.17, 15) is 5.11 Å². The highest BCUT2D eigenvalue weighted by atomic mass is 16.5. The lowest BCUT2D eigenvalue weighted by Crippen LogP contribution is -2.21. The van der Waals surface area contributed by atoms with Crippen molar-refractivity contribution in [3.63, 3.8) is 0 Å². The molecule has 0 aliphatic carbocycles. The Balaban J connectivity index is 2.27. The fourth-order valence-electron chi connectivity index (χ4n) is 2.01. The van der Waals surface area contributed by atoms with Crippen molar-refractivity contribution in [3.05, 3.63) is 23.8 Å². The average molecular weight is 207 g/mol. The largest absolute Gasteiger partial charge is 0.495 e. The van der Waals surface area contributed by atoms with Gasteiger partial charge in [-0.15, -0.1) is 0 Å². The van der Waals surface area contributed by atoms with E-state index >= 15 is 0 Å². The predicted octanol–water partition coefficient (Wildman–Crippen LogP) is 1.57. The van der Waals surface area contributed by atoms with E-state index in [1.54, 1.807) is 7.11 Å². The van der Waals surface area contributed by atoms with Gasteiger partial charge in [0.25, 0.3) is 0 Å². The molecule has 0 radical (unpaired) electrons. The van der Waals surface area contributed by atoms with E-state index in [0.29, 0.717) is 6.54 Å². The molecule has 0 amide bonds. The molecule has 3 heteroatoms. The molecule has 1 saturated heterocycles. The van der Waals surface area contributed by atoms with Crippen LogP contribution in [-0.2, 0) is 0 Å². The number of aliphatic hydroxyl groups is 1. The van der Waals surface area contributed by atoms with Gasteiger partial charge in [-0.05, 0) is 31.0 Å². The van der Waals surface area contributed by atoms with Gasteiger partial charge in [0.1, 0.15) is 5.75 Å². The Bertz CT molecular complexity index is 351. The standard InChI is InChI=1S/C12H17NO2/c1-9-3-4-11(12(7-9)15-2)13-6-5-10(14)8-13/h3-4,7,10,14H,5-6,8H2,1-2H3/t10-/m1/s1. The first-order valence-electron chi connectivity index (χ1n) is 5.28. The van der Waals surface area contributed by atoms with E-state index in [1.807, 2.05) is 13.0 Å². The maximum absolute atomic E-state index is 9.50. The van der Waals surface area contributed by atoms with E-state index in [1.165, 1.54) is 5.56 Å². The third kappa shape index (κ3) is 2.07. The normalized spacial score (nSPS) is 20.7. The van der Waals surface area contributed by atoms with E-state index in [-0.39, 0.29) is 6.10 Å². The Hall–Kier alpha value is -1.22. The van der Waals surface area contributed by atoms with Crippen LogP contribution in [0.25, 0.3) is 0 Å². The second kappa shape index (κ2) is 4.11. The van der Waals surface area contributed by atoms with Crippen molar-refractivity contribution in [1.29, 1.82) is 0 Å². The lowest BCUT2D eigenvalue weighted by atomic mass is 10.2. The first kappa shape index (κ1) is 10.3. The van der Waals surface area contributed by atoms with Crippen LogP contribution in [0.2, 0.25) is 0 Å². The van der Waals surface area contributed by atoms with Crippen molar-refractivity contribution in [1.82, 2.24) is 0 Å². The Morgan fingerprint density at radius 1 is 1.47 bits per heavy atom. The Kier molecular flexibility index (Phi) is 2.82. The summed E-state index contributed by atoms with van der Waals surface area (Å²) in [5.41, 5.74) is 2.27. The number of hydrogen-bond acceptors (Lipinski definition) is 3. The van der Waals surface area contributed by atoms with E-state index in [4.69, 9.17) is 4.74 Å². The molecule has 2 rings (SSSR count). The number of benzene rings is 1. The lowest BCUT2D eigenvalue weighted by Gasteiger charge is -2.20. The van der Waals surface area contributed by atoms with Crippen LogP contribution < -0.4 is 9.64 Å². The van der Waals surface area contributed by atoms with Gasteiger partial charge in [0, 0.05) is 13.1 Å². The molecule has 1 N–H and O–H groups in total. The molecule has 0 spiro atoms. The molecule has 0 bridgehead atoms. The summed E-state index contributed by atoms with van der Waals surface area (Å²) in [5, 5.41) is 9.50. The van der Waals surface area contributed by atoms with Gasteiger partial charge in [-0.1, -0.05) is 6.07 Å². The molecule has 0 unspecified atom stereocenters. The van der Waals surface area contributed by atoms with E-state index < -0.39 is 0 Å². The molecule has 15 heavy (non-hydrogen) atoms. The molecule has 1 aromatic carbocycles. The van der Waals surface area contributed by atoms with Crippen LogP contribution in [0.4, 0.5) is 5.69 Å².